The SMILES string of the molecule is O=C(O)Cn1c(SCCCN(C2CC2)S(=O)(=O)c2ccccc2)nc2ccccc21. The van der Waals surface area contributed by atoms with Crippen molar-refractivity contribution in [3.8, 4) is 0 Å². The minimum Gasteiger partial charge on any atom is -0.480 e. The Bertz CT molecular complexity index is 1140. The van der Waals surface area contributed by atoms with Crippen molar-refractivity contribution in [2.45, 2.75) is 41.9 Å². The number of para-hydroxylation sites is 2. The molecule has 0 atom stereocenters. The first-order valence-corrected chi connectivity index (χ1v) is 12.3. The van der Waals surface area contributed by atoms with Gasteiger partial charge in [0.05, 0.1) is 15.9 Å². The van der Waals surface area contributed by atoms with Crippen LogP contribution < -0.4 is 0 Å². The van der Waals surface area contributed by atoms with Crippen LogP contribution in [0.4, 0.5) is 0 Å². The third-order valence-electron chi connectivity index (χ3n) is 4.97. The third-order valence-corrected chi connectivity index (χ3v) is 8.00. The van der Waals surface area contributed by atoms with Crippen LogP contribution in [0.3, 0.4) is 0 Å². The maximum absolute atomic E-state index is 13.0. The van der Waals surface area contributed by atoms with Crippen molar-refractivity contribution < 1.29 is 18.3 Å². The number of fused-ring (bicyclic) bond motifs is 1. The number of nitrogens with zero attached hydrogens (tertiary/aromatic N) is 3. The second-order valence-electron chi connectivity index (χ2n) is 7.22. The Labute approximate surface area is 179 Å². The number of carboxylic acid groups (broad SMARTS) is 1. The fourth-order valence-corrected chi connectivity index (χ4v) is 6.11. The quantitative estimate of drug-likeness (QED) is 0.380. The highest BCUT2D eigenvalue weighted by atomic mass is 32.2. The standard InChI is InChI=1S/C21H23N3O4S2/c25-20(26)15-23-19-10-5-4-9-18(19)22-21(23)29-14-6-13-24(16-11-12-16)30(27,28)17-7-2-1-3-8-17/h1-5,7-10,16H,6,11-15H2,(H,25,26). The second-order valence-corrected chi connectivity index (χ2v) is 10.2. The Morgan fingerprint density at radius 2 is 1.83 bits per heavy atom. The molecule has 0 unspecified atom stereocenters. The number of aliphatic carboxylic acids is 1. The van der Waals surface area contributed by atoms with Crippen molar-refractivity contribution >= 4 is 38.8 Å². The van der Waals surface area contributed by atoms with Crippen LogP contribution >= 0.6 is 11.8 Å². The summed E-state index contributed by atoms with van der Waals surface area (Å²) in [6.07, 6.45) is 2.45. The predicted octanol–water partition coefficient (Wildman–Crippen LogP) is 3.46. The molecule has 1 heterocycles. The van der Waals surface area contributed by atoms with E-state index in [0.717, 1.165) is 23.9 Å². The minimum atomic E-state index is -3.50. The molecule has 1 aliphatic carbocycles. The number of sulfonamides is 1. The van der Waals surface area contributed by atoms with E-state index < -0.39 is 16.0 Å². The van der Waals surface area contributed by atoms with Crippen LogP contribution in [0, 0.1) is 0 Å². The zero-order valence-corrected chi connectivity index (χ0v) is 18.0. The summed E-state index contributed by atoms with van der Waals surface area (Å²) in [6.45, 7) is 0.285. The van der Waals surface area contributed by atoms with Crippen molar-refractivity contribution in [3.63, 3.8) is 0 Å². The van der Waals surface area contributed by atoms with Gasteiger partial charge in [0.2, 0.25) is 10.0 Å². The predicted molar refractivity (Wildman–Crippen MR) is 116 cm³/mol. The van der Waals surface area contributed by atoms with E-state index in [-0.39, 0.29) is 12.6 Å². The Morgan fingerprint density at radius 3 is 2.53 bits per heavy atom. The molecule has 0 amide bonds. The van der Waals surface area contributed by atoms with Crippen LogP contribution in [0.2, 0.25) is 0 Å². The number of rotatable bonds is 10. The topological polar surface area (TPSA) is 92.5 Å². The molecule has 1 N–H and O–H groups in total. The van der Waals surface area contributed by atoms with Crippen LogP contribution in [0.1, 0.15) is 19.3 Å². The van der Waals surface area contributed by atoms with E-state index in [1.165, 1.54) is 11.8 Å². The zero-order valence-electron chi connectivity index (χ0n) is 16.3. The lowest BCUT2D eigenvalue weighted by molar-refractivity contribution is -0.137. The highest BCUT2D eigenvalue weighted by Gasteiger charge is 2.37. The fourth-order valence-electron chi connectivity index (χ4n) is 3.42. The van der Waals surface area contributed by atoms with E-state index >= 15 is 0 Å². The summed E-state index contributed by atoms with van der Waals surface area (Å²) in [7, 11) is -3.50. The summed E-state index contributed by atoms with van der Waals surface area (Å²) in [6, 6.07) is 16.1. The summed E-state index contributed by atoms with van der Waals surface area (Å²) in [5, 5.41) is 9.89. The Kier molecular flexibility index (Phi) is 6.12. The highest BCUT2D eigenvalue weighted by molar-refractivity contribution is 7.99. The molecule has 0 radical (unpaired) electrons. The van der Waals surface area contributed by atoms with Gasteiger partial charge < -0.3 is 9.67 Å². The average Bonchev–Trinajstić information content (AvgIpc) is 3.51. The third kappa shape index (κ3) is 4.53. The molecule has 0 bridgehead atoms. The first kappa shape index (κ1) is 20.9. The molecule has 3 aromatic rings. The molecule has 1 saturated carbocycles. The van der Waals surface area contributed by atoms with E-state index in [1.54, 1.807) is 39.2 Å². The molecule has 1 fully saturated rings. The van der Waals surface area contributed by atoms with Crippen molar-refractivity contribution in [1.82, 2.24) is 13.9 Å². The van der Waals surface area contributed by atoms with Gasteiger partial charge in [0.1, 0.15) is 6.54 Å². The molecule has 9 heteroatoms. The van der Waals surface area contributed by atoms with Gasteiger partial charge in [-0.15, -0.1) is 0 Å². The smallest absolute Gasteiger partial charge is 0.323 e. The van der Waals surface area contributed by atoms with Crippen LogP contribution in [-0.4, -0.2) is 51.7 Å². The zero-order chi connectivity index (χ0) is 21.1. The number of thioether (sulfide) groups is 1. The molecule has 7 nitrogen and oxygen atoms in total. The largest absolute Gasteiger partial charge is 0.480 e. The summed E-state index contributed by atoms with van der Waals surface area (Å²) in [5.74, 6) is -0.273. The first-order chi connectivity index (χ1) is 14.5. The van der Waals surface area contributed by atoms with Crippen molar-refractivity contribution in [2.24, 2.45) is 0 Å². The number of carboxylic acids is 1. The Morgan fingerprint density at radius 1 is 1.13 bits per heavy atom. The molecule has 30 heavy (non-hydrogen) atoms. The van der Waals surface area contributed by atoms with Gasteiger partial charge in [-0.2, -0.15) is 4.31 Å². The van der Waals surface area contributed by atoms with Gasteiger partial charge in [0.15, 0.2) is 5.16 Å². The molecule has 158 valence electrons. The molecule has 0 spiro atoms. The monoisotopic (exact) mass is 445 g/mol. The number of carbonyl (C=O) groups is 1. The molecular weight excluding hydrogens is 422 g/mol. The Balaban J connectivity index is 1.44. The van der Waals surface area contributed by atoms with Gasteiger partial charge >= 0.3 is 5.97 Å². The molecule has 0 saturated heterocycles. The number of aromatic nitrogens is 2. The van der Waals surface area contributed by atoms with E-state index in [2.05, 4.69) is 4.98 Å². The number of hydrogen-bond acceptors (Lipinski definition) is 5. The summed E-state index contributed by atoms with van der Waals surface area (Å²) in [4.78, 5) is 16.2. The summed E-state index contributed by atoms with van der Waals surface area (Å²) >= 11 is 1.46. The van der Waals surface area contributed by atoms with E-state index in [9.17, 15) is 18.3 Å². The average molecular weight is 446 g/mol. The minimum absolute atomic E-state index is 0.0804. The van der Waals surface area contributed by atoms with Crippen molar-refractivity contribution in [1.29, 1.82) is 0 Å². The van der Waals surface area contributed by atoms with Gasteiger partial charge in [-0.1, -0.05) is 42.1 Å². The van der Waals surface area contributed by atoms with Gasteiger partial charge in [0.25, 0.3) is 0 Å². The highest BCUT2D eigenvalue weighted by Crippen LogP contribution is 2.32. The maximum Gasteiger partial charge on any atom is 0.323 e. The Hall–Kier alpha value is -2.36. The lowest BCUT2D eigenvalue weighted by Gasteiger charge is -2.21. The summed E-state index contributed by atoms with van der Waals surface area (Å²) in [5.41, 5.74) is 1.54. The van der Waals surface area contributed by atoms with Crippen LogP contribution in [0.15, 0.2) is 64.6 Å². The lowest BCUT2D eigenvalue weighted by atomic mass is 10.3. The van der Waals surface area contributed by atoms with E-state index in [0.29, 0.717) is 28.8 Å². The fraction of sp³-hybridized carbons (Fsp3) is 0.333. The number of benzene rings is 2. The van der Waals surface area contributed by atoms with Crippen LogP contribution in [0.5, 0.6) is 0 Å². The van der Waals surface area contributed by atoms with E-state index in [1.807, 2.05) is 24.3 Å². The van der Waals surface area contributed by atoms with Crippen molar-refractivity contribution in [3.05, 3.63) is 54.6 Å². The molecule has 0 aliphatic heterocycles. The van der Waals surface area contributed by atoms with Gasteiger partial charge in [-0.25, -0.2) is 13.4 Å². The van der Waals surface area contributed by atoms with Crippen molar-refractivity contribution in [2.75, 3.05) is 12.3 Å². The lowest BCUT2D eigenvalue weighted by Crippen LogP contribution is -2.34. The van der Waals surface area contributed by atoms with Gasteiger partial charge in [-0.3, -0.25) is 4.79 Å². The van der Waals surface area contributed by atoms with Crippen LogP contribution in [-0.2, 0) is 21.4 Å². The second kappa shape index (κ2) is 8.79. The molecular formula is C21H23N3O4S2. The first-order valence-electron chi connectivity index (χ1n) is 9.83. The maximum atomic E-state index is 13.0. The summed E-state index contributed by atoms with van der Waals surface area (Å²) < 4.78 is 29.3. The molecule has 4 rings (SSSR count). The van der Waals surface area contributed by atoms with Gasteiger partial charge in [-0.05, 0) is 43.5 Å². The number of hydrogen-bond donors (Lipinski definition) is 1. The van der Waals surface area contributed by atoms with Crippen LogP contribution in [0.25, 0.3) is 11.0 Å². The molecule has 1 aliphatic rings. The normalized spacial score (nSPS) is 14.4. The van der Waals surface area contributed by atoms with E-state index in [4.69, 9.17) is 0 Å². The number of imidazole rings is 1. The van der Waals surface area contributed by atoms with Gasteiger partial charge in [0, 0.05) is 18.3 Å². The molecule has 1 aromatic heterocycles. The molecule has 2 aromatic carbocycles.